The summed E-state index contributed by atoms with van der Waals surface area (Å²) >= 11 is 0. The van der Waals surface area contributed by atoms with E-state index in [-0.39, 0.29) is 5.91 Å². The van der Waals surface area contributed by atoms with Crippen molar-refractivity contribution in [3.8, 4) is 0 Å². The van der Waals surface area contributed by atoms with Crippen LogP contribution < -0.4 is 11.1 Å². The number of H-pyrrole nitrogens is 1. The molecular formula is C17H26N6O. The van der Waals surface area contributed by atoms with Crippen LogP contribution in [0, 0.1) is 6.92 Å². The van der Waals surface area contributed by atoms with Crippen LogP contribution in [0.5, 0.6) is 0 Å². The third-order valence-corrected chi connectivity index (χ3v) is 4.70. The van der Waals surface area contributed by atoms with Gasteiger partial charge in [-0.05, 0) is 37.9 Å². The van der Waals surface area contributed by atoms with Gasteiger partial charge in [0, 0.05) is 49.4 Å². The van der Waals surface area contributed by atoms with E-state index in [2.05, 4.69) is 31.5 Å². The van der Waals surface area contributed by atoms with Crippen LogP contribution in [0.3, 0.4) is 0 Å². The van der Waals surface area contributed by atoms with Crippen LogP contribution in [0.15, 0.2) is 12.3 Å². The number of carbonyl (C=O) groups is 1. The van der Waals surface area contributed by atoms with Gasteiger partial charge >= 0.3 is 0 Å². The van der Waals surface area contributed by atoms with Crippen molar-refractivity contribution in [2.75, 3.05) is 19.6 Å². The number of aryl methyl sites for hydroxylation is 1. The second-order valence-electron chi connectivity index (χ2n) is 6.53. The van der Waals surface area contributed by atoms with Gasteiger partial charge in [-0.1, -0.05) is 6.42 Å². The highest BCUT2D eigenvalue weighted by Gasteiger charge is 2.23. The monoisotopic (exact) mass is 330 g/mol. The first kappa shape index (κ1) is 16.9. The van der Waals surface area contributed by atoms with Gasteiger partial charge in [0.25, 0.3) is 0 Å². The molecule has 0 aromatic carbocycles. The maximum absolute atomic E-state index is 11.7. The standard InChI is InChI=1S/C17H26N6O/c1-12-15-8-13(9-20-17(15)22-21-12)11-23-7-3-2-4-14(23)10-19-16(24)5-6-18/h8-9,14H,2-7,10-11,18H2,1H3,(H,19,24)(H,20,21,22). The lowest BCUT2D eigenvalue weighted by Gasteiger charge is -2.35. The Kier molecular flexibility index (Phi) is 5.42. The number of pyridine rings is 1. The molecule has 0 saturated carbocycles. The molecule has 3 heterocycles. The number of nitrogens with zero attached hydrogens (tertiary/aromatic N) is 3. The van der Waals surface area contributed by atoms with Gasteiger partial charge in [0.2, 0.25) is 5.91 Å². The Bertz CT molecular complexity index is 697. The number of nitrogens with two attached hydrogens (primary N) is 1. The van der Waals surface area contributed by atoms with E-state index in [1.165, 1.54) is 18.4 Å². The zero-order valence-corrected chi connectivity index (χ0v) is 14.2. The molecule has 3 rings (SSSR count). The maximum atomic E-state index is 11.7. The Morgan fingerprint density at radius 1 is 1.50 bits per heavy atom. The Labute approximate surface area is 142 Å². The summed E-state index contributed by atoms with van der Waals surface area (Å²) in [6.45, 7) is 5.01. The predicted octanol–water partition coefficient (Wildman–Crippen LogP) is 1.09. The minimum absolute atomic E-state index is 0.0418. The predicted molar refractivity (Wildman–Crippen MR) is 93.4 cm³/mol. The molecule has 1 aliphatic rings. The highest BCUT2D eigenvalue weighted by Crippen LogP contribution is 2.21. The number of amides is 1. The van der Waals surface area contributed by atoms with Crippen LogP contribution in [0.4, 0.5) is 0 Å². The maximum Gasteiger partial charge on any atom is 0.221 e. The average molecular weight is 330 g/mol. The van der Waals surface area contributed by atoms with Crippen molar-refractivity contribution in [1.29, 1.82) is 0 Å². The molecule has 7 heteroatoms. The molecule has 2 aromatic heterocycles. The Balaban J connectivity index is 1.65. The molecule has 1 unspecified atom stereocenters. The zero-order chi connectivity index (χ0) is 16.9. The molecule has 1 atom stereocenters. The first-order chi connectivity index (χ1) is 11.7. The van der Waals surface area contributed by atoms with Crippen LogP contribution in [-0.2, 0) is 11.3 Å². The van der Waals surface area contributed by atoms with E-state index in [9.17, 15) is 4.79 Å². The molecule has 0 radical (unpaired) electrons. The fourth-order valence-corrected chi connectivity index (χ4v) is 3.33. The highest BCUT2D eigenvalue weighted by atomic mass is 16.1. The number of aromatic amines is 1. The third-order valence-electron chi connectivity index (χ3n) is 4.70. The lowest BCUT2D eigenvalue weighted by molar-refractivity contribution is -0.121. The molecule has 1 aliphatic heterocycles. The normalized spacial score (nSPS) is 18.8. The fourth-order valence-electron chi connectivity index (χ4n) is 3.33. The number of carbonyl (C=O) groups excluding carboxylic acids is 1. The molecule has 130 valence electrons. The van der Waals surface area contributed by atoms with Gasteiger partial charge in [0.05, 0.1) is 0 Å². The van der Waals surface area contributed by atoms with Gasteiger partial charge in [0.15, 0.2) is 5.65 Å². The summed E-state index contributed by atoms with van der Waals surface area (Å²) in [5.74, 6) is 0.0418. The molecule has 7 nitrogen and oxygen atoms in total. The summed E-state index contributed by atoms with van der Waals surface area (Å²) in [4.78, 5) is 18.6. The van der Waals surface area contributed by atoms with Crippen molar-refractivity contribution in [2.24, 2.45) is 5.73 Å². The lowest BCUT2D eigenvalue weighted by atomic mass is 10.0. The molecule has 0 aliphatic carbocycles. The van der Waals surface area contributed by atoms with Crippen molar-refractivity contribution in [1.82, 2.24) is 25.4 Å². The summed E-state index contributed by atoms with van der Waals surface area (Å²) in [6.07, 6.45) is 5.83. The molecule has 0 spiro atoms. The number of hydrogen-bond acceptors (Lipinski definition) is 5. The van der Waals surface area contributed by atoms with Gasteiger partial charge in [-0.2, -0.15) is 5.10 Å². The van der Waals surface area contributed by atoms with Crippen molar-refractivity contribution in [3.63, 3.8) is 0 Å². The fraction of sp³-hybridized carbons (Fsp3) is 0.588. The molecule has 4 N–H and O–H groups in total. The van der Waals surface area contributed by atoms with E-state index in [0.29, 0.717) is 25.6 Å². The van der Waals surface area contributed by atoms with Crippen LogP contribution in [-0.4, -0.2) is 51.7 Å². The first-order valence-electron chi connectivity index (χ1n) is 8.68. The number of nitrogens with one attached hydrogen (secondary N) is 2. The quantitative estimate of drug-likeness (QED) is 0.736. The van der Waals surface area contributed by atoms with Gasteiger partial charge in [-0.3, -0.25) is 14.8 Å². The number of hydrogen-bond donors (Lipinski definition) is 3. The van der Waals surface area contributed by atoms with Crippen molar-refractivity contribution in [2.45, 2.75) is 45.2 Å². The summed E-state index contributed by atoms with van der Waals surface area (Å²) < 4.78 is 0. The van der Waals surface area contributed by atoms with E-state index >= 15 is 0 Å². The van der Waals surface area contributed by atoms with Crippen LogP contribution in [0.1, 0.15) is 36.9 Å². The largest absolute Gasteiger partial charge is 0.354 e. The third kappa shape index (κ3) is 3.91. The van der Waals surface area contributed by atoms with Crippen molar-refractivity contribution >= 4 is 16.9 Å². The topological polar surface area (TPSA) is 99.9 Å². The van der Waals surface area contributed by atoms with Gasteiger partial charge in [0.1, 0.15) is 0 Å². The van der Waals surface area contributed by atoms with Gasteiger partial charge < -0.3 is 11.1 Å². The van der Waals surface area contributed by atoms with Crippen LogP contribution in [0.2, 0.25) is 0 Å². The van der Waals surface area contributed by atoms with Crippen LogP contribution in [0.25, 0.3) is 11.0 Å². The summed E-state index contributed by atoms with van der Waals surface area (Å²) in [7, 11) is 0. The number of rotatable bonds is 6. The van der Waals surface area contributed by atoms with E-state index in [0.717, 1.165) is 36.2 Å². The Morgan fingerprint density at radius 3 is 3.21 bits per heavy atom. The second kappa shape index (κ2) is 7.72. The molecule has 24 heavy (non-hydrogen) atoms. The minimum atomic E-state index is 0.0418. The highest BCUT2D eigenvalue weighted by molar-refractivity contribution is 5.77. The Morgan fingerprint density at radius 2 is 2.38 bits per heavy atom. The summed E-state index contributed by atoms with van der Waals surface area (Å²) in [6, 6.07) is 2.54. The van der Waals surface area contributed by atoms with E-state index in [4.69, 9.17) is 5.73 Å². The SMILES string of the molecule is Cc1[nH]nc2ncc(CN3CCCCC3CNC(=O)CCN)cc12. The average Bonchev–Trinajstić information content (AvgIpc) is 2.95. The molecule has 2 aromatic rings. The summed E-state index contributed by atoms with van der Waals surface area (Å²) in [5, 5.41) is 11.3. The van der Waals surface area contributed by atoms with Gasteiger partial charge in [-0.15, -0.1) is 0 Å². The number of aromatic nitrogens is 3. The number of piperidine rings is 1. The molecular weight excluding hydrogens is 304 g/mol. The minimum Gasteiger partial charge on any atom is -0.354 e. The molecule has 1 saturated heterocycles. The summed E-state index contributed by atoms with van der Waals surface area (Å²) in [5.41, 5.74) is 8.43. The van der Waals surface area contributed by atoms with Crippen LogP contribution >= 0.6 is 0 Å². The zero-order valence-electron chi connectivity index (χ0n) is 14.2. The smallest absolute Gasteiger partial charge is 0.221 e. The molecule has 0 bridgehead atoms. The van der Waals surface area contributed by atoms with E-state index < -0.39 is 0 Å². The second-order valence-corrected chi connectivity index (χ2v) is 6.53. The van der Waals surface area contributed by atoms with Crippen molar-refractivity contribution < 1.29 is 4.79 Å². The first-order valence-corrected chi connectivity index (χ1v) is 8.68. The van der Waals surface area contributed by atoms with E-state index in [1.807, 2.05) is 13.1 Å². The Hall–Kier alpha value is -1.99. The van der Waals surface area contributed by atoms with E-state index in [1.54, 1.807) is 0 Å². The number of likely N-dealkylation sites (tertiary alicyclic amines) is 1. The van der Waals surface area contributed by atoms with Gasteiger partial charge in [-0.25, -0.2) is 4.98 Å². The molecule has 1 amide bonds. The number of fused-ring (bicyclic) bond motifs is 1. The molecule has 1 fully saturated rings. The lowest BCUT2D eigenvalue weighted by Crippen LogP contribution is -2.46. The van der Waals surface area contributed by atoms with Crippen molar-refractivity contribution in [3.05, 3.63) is 23.5 Å².